The maximum Gasteiger partial charge on any atom is 0.422 e. The third kappa shape index (κ3) is 3.31. The van der Waals surface area contributed by atoms with E-state index in [1.165, 1.54) is 5.32 Å². The van der Waals surface area contributed by atoms with Crippen molar-refractivity contribution in [2.24, 2.45) is 0 Å². The van der Waals surface area contributed by atoms with Gasteiger partial charge in [-0.3, -0.25) is 4.79 Å². The summed E-state index contributed by atoms with van der Waals surface area (Å²) < 4.78 is 42.2. The number of carbonyl (C=O) groups excluding carboxylic acids is 1. The molecule has 1 rings (SSSR count). The quantitative estimate of drug-likeness (QED) is 0.886. The van der Waals surface area contributed by atoms with Crippen LogP contribution in [0.3, 0.4) is 0 Å². The Bertz CT molecular complexity index is 565. The second kappa shape index (κ2) is 5.24. The summed E-state index contributed by atoms with van der Waals surface area (Å²) in [5.74, 6) is -3.37. The summed E-state index contributed by atoms with van der Waals surface area (Å²) in [6, 6.07) is 0. The van der Waals surface area contributed by atoms with Crippen LogP contribution in [0.25, 0.3) is 0 Å². The molecule has 0 saturated heterocycles. The Morgan fingerprint density at radius 3 is 2.10 bits per heavy atom. The summed E-state index contributed by atoms with van der Waals surface area (Å²) in [5, 5.41) is 14.0. The van der Waals surface area contributed by atoms with Gasteiger partial charge in [-0.2, -0.15) is 13.2 Å². The molecule has 10 heteroatoms. The number of carbonyl (C=O) groups is 2. The second-order valence-corrected chi connectivity index (χ2v) is 6.34. The van der Waals surface area contributed by atoms with E-state index in [1.54, 1.807) is 20.8 Å². The van der Waals surface area contributed by atoms with E-state index < -0.39 is 29.0 Å². The predicted octanol–water partition coefficient (Wildman–Crippen LogP) is 1.97. The lowest BCUT2D eigenvalue weighted by atomic mass is 9.91. The molecule has 0 aliphatic rings. The molecule has 118 valence electrons. The Morgan fingerprint density at radius 2 is 1.71 bits per heavy atom. The fourth-order valence-corrected chi connectivity index (χ4v) is 2.13. The minimum Gasteiger partial charge on any atom is -0.479 e. The highest BCUT2D eigenvalue weighted by Crippen LogP contribution is 2.32. The maximum atomic E-state index is 12.9. The SMILES string of the molecule is CC(C)(C)c1nnsc1C(=O)NC(C)(C(=O)O)C(F)(F)F. The molecule has 6 nitrogen and oxygen atoms in total. The first-order valence-electron chi connectivity index (χ1n) is 5.76. The third-order valence-electron chi connectivity index (χ3n) is 2.76. The zero-order valence-corrected chi connectivity index (χ0v) is 12.5. The van der Waals surface area contributed by atoms with Crippen molar-refractivity contribution >= 4 is 23.4 Å². The smallest absolute Gasteiger partial charge is 0.422 e. The van der Waals surface area contributed by atoms with Crippen LogP contribution in [0.1, 0.15) is 43.1 Å². The number of alkyl halides is 3. The van der Waals surface area contributed by atoms with Crippen molar-refractivity contribution in [2.75, 3.05) is 0 Å². The van der Waals surface area contributed by atoms with Crippen molar-refractivity contribution in [1.82, 2.24) is 14.9 Å². The van der Waals surface area contributed by atoms with Gasteiger partial charge in [0.25, 0.3) is 5.91 Å². The highest BCUT2D eigenvalue weighted by Gasteiger charge is 2.58. The number of carboxylic acids is 1. The first-order chi connectivity index (χ1) is 9.30. The van der Waals surface area contributed by atoms with Crippen LogP contribution in [-0.4, -0.2) is 38.3 Å². The number of hydrogen-bond donors (Lipinski definition) is 2. The van der Waals surface area contributed by atoms with Gasteiger partial charge in [0.15, 0.2) is 0 Å². The van der Waals surface area contributed by atoms with Crippen LogP contribution < -0.4 is 5.32 Å². The highest BCUT2D eigenvalue weighted by molar-refractivity contribution is 7.08. The van der Waals surface area contributed by atoms with Crippen LogP contribution in [0, 0.1) is 0 Å². The van der Waals surface area contributed by atoms with Gasteiger partial charge in [0.05, 0.1) is 5.69 Å². The van der Waals surface area contributed by atoms with Gasteiger partial charge in [0, 0.05) is 5.41 Å². The molecule has 0 fully saturated rings. The Balaban J connectivity index is 3.17. The van der Waals surface area contributed by atoms with E-state index in [4.69, 9.17) is 5.11 Å². The number of aliphatic carboxylic acids is 1. The van der Waals surface area contributed by atoms with Gasteiger partial charge in [0.2, 0.25) is 5.54 Å². The fraction of sp³-hybridized carbons (Fsp3) is 0.636. The van der Waals surface area contributed by atoms with Crippen molar-refractivity contribution in [3.05, 3.63) is 10.6 Å². The van der Waals surface area contributed by atoms with Crippen LogP contribution in [0.4, 0.5) is 13.2 Å². The van der Waals surface area contributed by atoms with Crippen molar-refractivity contribution < 1.29 is 27.9 Å². The molecule has 1 unspecified atom stereocenters. The summed E-state index contributed by atoms with van der Waals surface area (Å²) in [5.41, 5.74) is -3.79. The molecular weight excluding hydrogens is 311 g/mol. The van der Waals surface area contributed by atoms with Crippen molar-refractivity contribution in [3.63, 3.8) is 0 Å². The number of aromatic nitrogens is 2. The lowest BCUT2D eigenvalue weighted by Gasteiger charge is -2.28. The number of rotatable bonds is 3. The van der Waals surface area contributed by atoms with Crippen LogP contribution in [0.5, 0.6) is 0 Å². The lowest BCUT2D eigenvalue weighted by Crippen LogP contribution is -2.61. The van der Waals surface area contributed by atoms with Gasteiger partial charge in [0.1, 0.15) is 4.88 Å². The first-order valence-corrected chi connectivity index (χ1v) is 6.53. The van der Waals surface area contributed by atoms with Gasteiger partial charge in [-0.05, 0) is 18.5 Å². The Labute approximate surface area is 122 Å². The van der Waals surface area contributed by atoms with Gasteiger partial charge >= 0.3 is 12.1 Å². The van der Waals surface area contributed by atoms with E-state index in [1.807, 2.05) is 0 Å². The zero-order valence-electron chi connectivity index (χ0n) is 11.7. The van der Waals surface area contributed by atoms with Crippen molar-refractivity contribution in [3.8, 4) is 0 Å². The predicted molar refractivity (Wildman–Crippen MR) is 68.2 cm³/mol. The number of hydrogen-bond acceptors (Lipinski definition) is 5. The minimum absolute atomic E-state index is 0.140. The molecule has 1 atom stereocenters. The maximum absolute atomic E-state index is 12.9. The van der Waals surface area contributed by atoms with Crippen LogP contribution in [-0.2, 0) is 10.2 Å². The van der Waals surface area contributed by atoms with E-state index in [0.717, 1.165) is 0 Å². The van der Waals surface area contributed by atoms with Crippen LogP contribution >= 0.6 is 11.5 Å². The third-order valence-corrected chi connectivity index (χ3v) is 3.49. The zero-order chi connectivity index (χ0) is 16.6. The van der Waals surface area contributed by atoms with Crippen molar-refractivity contribution in [2.45, 2.75) is 44.8 Å². The Hall–Kier alpha value is -1.71. The van der Waals surface area contributed by atoms with E-state index in [-0.39, 0.29) is 10.6 Å². The number of nitrogens with one attached hydrogen (secondary N) is 1. The van der Waals surface area contributed by atoms with E-state index in [0.29, 0.717) is 18.5 Å². The van der Waals surface area contributed by atoms with Crippen molar-refractivity contribution in [1.29, 1.82) is 0 Å². The largest absolute Gasteiger partial charge is 0.479 e. The number of amides is 1. The molecule has 0 aromatic carbocycles. The average Bonchev–Trinajstić information content (AvgIpc) is 2.75. The first kappa shape index (κ1) is 17.3. The molecular formula is C11H14F3N3O3S. The molecule has 1 aromatic rings. The molecule has 1 aromatic heterocycles. The van der Waals surface area contributed by atoms with Crippen LogP contribution in [0.15, 0.2) is 0 Å². The monoisotopic (exact) mass is 325 g/mol. The molecule has 0 bridgehead atoms. The molecule has 0 aliphatic heterocycles. The number of carboxylic acid groups (broad SMARTS) is 1. The summed E-state index contributed by atoms with van der Waals surface area (Å²) in [6.07, 6.45) is -5.14. The lowest BCUT2D eigenvalue weighted by molar-refractivity contribution is -0.203. The molecule has 2 N–H and O–H groups in total. The fourth-order valence-electron chi connectivity index (χ4n) is 1.36. The number of nitrogens with zero attached hydrogens (tertiary/aromatic N) is 2. The van der Waals surface area contributed by atoms with Gasteiger partial charge in [-0.1, -0.05) is 25.3 Å². The standard InChI is InChI=1S/C11H14F3N3O3S/c1-9(2,3)6-5(21-17-16-6)7(18)15-10(4,8(19)20)11(12,13)14/h1-4H3,(H,15,18)(H,19,20). The molecule has 0 aliphatic carbocycles. The van der Waals surface area contributed by atoms with Gasteiger partial charge < -0.3 is 10.4 Å². The molecule has 0 radical (unpaired) electrons. The second-order valence-electron chi connectivity index (χ2n) is 5.58. The Kier molecular flexibility index (Phi) is 4.33. The van der Waals surface area contributed by atoms with Gasteiger partial charge in [-0.15, -0.1) is 5.10 Å². The summed E-state index contributed by atoms with van der Waals surface area (Å²) in [6.45, 7) is 5.51. The van der Waals surface area contributed by atoms with Crippen LogP contribution in [0.2, 0.25) is 0 Å². The van der Waals surface area contributed by atoms with E-state index in [9.17, 15) is 22.8 Å². The topological polar surface area (TPSA) is 92.2 Å². The molecule has 0 spiro atoms. The average molecular weight is 325 g/mol. The molecule has 0 saturated carbocycles. The Morgan fingerprint density at radius 1 is 1.19 bits per heavy atom. The summed E-state index contributed by atoms with van der Waals surface area (Å²) in [4.78, 5) is 22.7. The van der Waals surface area contributed by atoms with E-state index >= 15 is 0 Å². The van der Waals surface area contributed by atoms with Gasteiger partial charge in [-0.25, -0.2) is 4.79 Å². The van der Waals surface area contributed by atoms with E-state index in [2.05, 4.69) is 9.59 Å². The molecule has 21 heavy (non-hydrogen) atoms. The summed E-state index contributed by atoms with van der Waals surface area (Å²) in [7, 11) is 0. The minimum atomic E-state index is -5.14. The summed E-state index contributed by atoms with van der Waals surface area (Å²) >= 11 is 0.614. The highest BCUT2D eigenvalue weighted by atomic mass is 32.1. The number of halogens is 3. The molecule has 1 heterocycles. The molecule has 1 amide bonds. The normalized spacial score (nSPS) is 15.4.